The largest absolute Gasteiger partial charge is 0.573 e. The highest BCUT2D eigenvalue weighted by Gasteiger charge is 2.46. The minimum absolute atomic E-state index is 0.308. The number of para-hydroxylation sites is 1. The van der Waals surface area contributed by atoms with Crippen LogP contribution in [0.2, 0.25) is 0 Å². The highest BCUT2D eigenvalue weighted by molar-refractivity contribution is 5.84. The number of amides is 1. The Hall–Kier alpha value is -2.25. The summed E-state index contributed by atoms with van der Waals surface area (Å²) < 4.78 is 41.3. The second-order valence-corrected chi connectivity index (χ2v) is 5.96. The molecule has 2 N–H and O–H groups in total. The van der Waals surface area contributed by atoms with E-state index in [2.05, 4.69) is 10.1 Å². The number of carboxylic acid groups (broad SMARTS) is 1. The zero-order valence-electron chi connectivity index (χ0n) is 13.1. The van der Waals surface area contributed by atoms with Crippen molar-refractivity contribution in [2.45, 2.75) is 38.6 Å². The van der Waals surface area contributed by atoms with Crippen LogP contribution in [0, 0.1) is 11.8 Å². The Labute approximate surface area is 136 Å². The topological polar surface area (TPSA) is 75.6 Å². The van der Waals surface area contributed by atoms with Crippen LogP contribution in [0.5, 0.6) is 5.75 Å². The predicted octanol–water partition coefficient (Wildman–Crippen LogP) is 2.91. The molecule has 1 aromatic rings. The van der Waals surface area contributed by atoms with E-state index < -0.39 is 30.2 Å². The lowest BCUT2D eigenvalue weighted by Gasteiger charge is -2.18. The average molecular weight is 345 g/mol. The Balaban J connectivity index is 2.03. The molecule has 0 bridgehead atoms. The minimum atomic E-state index is -4.80. The maximum Gasteiger partial charge on any atom is 0.573 e. The second kappa shape index (κ2) is 6.70. The molecule has 1 aromatic carbocycles. The standard InChI is InChI=1S/C16H18F3NO4/c1-8(15(22)23)9(2)20-14(21)12-7-11(12)10-5-3-4-6-13(10)24-16(17,18)19/h3-6,8-9,11-12H,7H2,1-2H3,(H,20,21)(H,22,23). The van der Waals surface area contributed by atoms with Gasteiger partial charge in [0.15, 0.2) is 0 Å². The molecule has 0 saturated heterocycles. The molecule has 1 fully saturated rings. The Bertz CT molecular complexity index is 632. The third-order valence-corrected chi connectivity index (χ3v) is 4.18. The monoisotopic (exact) mass is 345 g/mol. The molecule has 4 atom stereocenters. The van der Waals surface area contributed by atoms with Gasteiger partial charge < -0.3 is 15.2 Å². The Morgan fingerprint density at radius 3 is 2.50 bits per heavy atom. The molecule has 0 heterocycles. The quantitative estimate of drug-likeness (QED) is 0.831. The fraction of sp³-hybridized carbons (Fsp3) is 0.500. The summed E-state index contributed by atoms with van der Waals surface area (Å²) in [6, 6.07) is 5.16. The van der Waals surface area contributed by atoms with Gasteiger partial charge in [-0.15, -0.1) is 13.2 Å². The minimum Gasteiger partial charge on any atom is -0.481 e. The molecule has 0 radical (unpaired) electrons. The number of aliphatic carboxylic acids is 1. The lowest BCUT2D eigenvalue weighted by molar-refractivity contribution is -0.274. The summed E-state index contributed by atoms with van der Waals surface area (Å²) in [6.45, 7) is 3.05. The Morgan fingerprint density at radius 1 is 1.29 bits per heavy atom. The number of carboxylic acids is 1. The first-order chi connectivity index (χ1) is 11.1. The fourth-order valence-corrected chi connectivity index (χ4v) is 2.50. The van der Waals surface area contributed by atoms with Crippen molar-refractivity contribution in [1.29, 1.82) is 0 Å². The smallest absolute Gasteiger partial charge is 0.481 e. The van der Waals surface area contributed by atoms with Crippen molar-refractivity contribution in [3.8, 4) is 5.75 Å². The SMILES string of the molecule is CC(NC(=O)C1CC1c1ccccc1OC(F)(F)F)C(C)C(=O)O. The third-order valence-electron chi connectivity index (χ3n) is 4.18. The van der Waals surface area contributed by atoms with Crippen molar-refractivity contribution in [1.82, 2.24) is 5.32 Å². The molecule has 132 valence electrons. The summed E-state index contributed by atoms with van der Waals surface area (Å²) in [7, 11) is 0. The molecule has 4 unspecified atom stereocenters. The first-order valence-corrected chi connectivity index (χ1v) is 7.48. The van der Waals surface area contributed by atoms with Crippen LogP contribution >= 0.6 is 0 Å². The number of nitrogens with one attached hydrogen (secondary N) is 1. The maximum atomic E-state index is 12.4. The zero-order chi connectivity index (χ0) is 18.1. The zero-order valence-corrected chi connectivity index (χ0v) is 13.1. The third kappa shape index (κ3) is 4.39. The van der Waals surface area contributed by atoms with E-state index in [1.165, 1.54) is 25.1 Å². The van der Waals surface area contributed by atoms with Gasteiger partial charge in [-0.05, 0) is 37.8 Å². The van der Waals surface area contributed by atoms with Crippen LogP contribution in [-0.4, -0.2) is 29.4 Å². The number of carbonyl (C=O) groups is 2. The highest BCUT2D eigenvalue weighted by atomic mass is 19.4. The van der Waals surface area contributed by atoms with Gasteiger partial charge in [-0.1, -0.05) is 18.2 Å². The number of alkyl halides is 3. The van der Waals surface area contributed by atoms with E-state index in [-0.39, 0.29) is 17.6 Å². The summed E-state index contributed by atoms with van der Waals surface area (Å²) in [6.07, 6.45) is -4.40. The molecule has 8 heteroatoms. The Kier molecular flexibility index (Phi) is 5.05. The average Bonchev–Trinajstić information content (AvgIpc) is 3.25. The number of hydrogen-bond donors (Lipinski definition) is 2. The van der Waals surface area contributed by atoms with Crippen LogP contribution in [0.15, 0.2) is 24.3 Å². The van der Waals surface area contributed by atoms with Gasteiger partial charge in [0.05, 0.1) is 5.92 Å². The molecule has 1 saturated carbocycles. The van der Waals surface area contributed by atoms with Gasteiger partial charge in [0, 0.05) is 12.0 Å². The molecule has 0 aliphatic heterocycles. The molecule has 24 heavy (non-hydrogen) atoms. The highest BCUT2D eigenvalue weighted by Crippen LogP contribution is 2.51. The predicted molar refractivity (Wildman–Crippen MR) is 78.4 cm³/mol. The number of ether oxygens (including phenoxy) is 1. The summed E-state index contributed by atoms with van der Waals surface area (Å²) >= 11 is 0. The number of halogens is 3. The van der Waals surface area contributed by atoms with E-state index in [0.29, 0.717) is 12.0 Å². The van der Waals surface area contributed by atoms with E-state index in [1.807, 2.05) is 0 Å². The number of rotatable bonds is 6. The van der Waals surface area contributed by atoms with Crippen molar-refractivity contribution >= 4 is 11.9 Å². The van der Waals surface area contributed by atoms with E-state index >= 15 is 0 Å². The van der Waals surface area contributed by atoms with Crippen LogP contribution in [0.25, 0.3) is 0 Å². The summed E-state index contributed by atoms with van der Waals surface area (Å²) in [4.78, 5) is 23.1. The van der Waals surface area contributed by atoms with Crippen LogP contribution in [0.1, 0.15) is 31.7 Å². The summed E-state index contributed by atoms with van der Waals surface area (Å²) in [5.74, 6) is -3.30. The van der Waals surface area contributed by atoms with Gasteiger partial charge in [-0.25, -0.2) is 0 Å². The van der Waals surface area contributed by atoms with Crippen LogP contribution in [0.3, 0.4) is 0 Å². The van der Waals surface area contributed by atoms with Gasteiger partial charge >= 0.3 is 12.3 Å². The van der Waals surface area contributed by atoms with Gasteiger partial charge in [0.2, 0.25) is 5.91 Å². The van der Waals surface area contributed by atoms with Gasteiger partial charge in [-0.2, -0.15) is 0 Å². The molecule has 0 spiro atoms. The second-order valence-electron chi connectivity index (χ2n) is 5.96. The van der Waals surface area contributed by atoms with Crippen molar-refractivity contribution in [2.24, 2.45) is 11.8 Å². The molecule has 2 rings (SSSR count). The summed E-state index contributed by atoms with van der Waals surface area (Å²) in [5.41, 5.74) is 0.328. The lowest BCUT2D eigenvalue weighted by Crippen LogP contribution is -2.40. The normalized spacial score (nSPS) is 22.4. The number of hydrogen-bond acceptors (Lipinski definition) is 3. The van der Waals surface area contributed by atoms with Crippen LogP contribution in [0.4, 0.5) is 13.2 Å². The first-order valence-electron chi connectivity index (χ1n) is 7.48. The van der Waals surface area contributed by atoms with Crippen LogP contribution < -0.4 is 10.1 Å². The van der Waals surface area contributed by atoms with E-state index in [0.717, 1.165) is 0 Å². The molecule has 5 nitrogen and oxygen atoms in total. The van der Waals surface area contributed by atoms with Gasteiger partial charge in [0.25, 0.3) is 0 Å². The van der Waals surface area contributed by atoms with Crippen molar-refractivity contribution in [3.05, 3.63) is 29.8 Å². The lowest BCUT2D eigenvalue weighted by atomic mass is 10.0. The fourth-order valence-electron chi connectivity index (χ4n) is 2.50. The van der Waals surface area contributed by atoms with Gasteiger partial charge in [-0.3, -0.25) is 9.59 Å². The molecular formula is C16H18F3NO4. The molecule has 0 aromatic heterocycles. The van der Waals surface area contributed by atoms with Crippen LogP contribution in [-0.2, 0) is 9.59 Å². The van der Waals surface area contributed by atoms with E-state index in [9.17, 15) is 22.8 Å². The maximum absolute atomic E-state index is 12.4. The number of carbonyl (C=O) groups excluding carboxylic acids is 1. The molecule has 1 aliphatic carbocycles. The molecule has 1 amide bonds. The number of benzene rings is 1. The van der Waals surface area contributed by atoms with Crippen molar-refractivity contribution in [3.63, 3.8) is 0 Å². The van der Waals surface area contributed by atoms with E-state index in [1.54, 1.807) is 13.0 Å². The summed E-state index contributed by atoms with van der Waals surface area (Å²) in [5, 5.41) is 11.5. The first kappa shape index (κ1) is 18.1. The van der Waals surface area contributed by atoms with Crippen molar-refractivity contribution < 1.29 is 32.6 Å². The van der Waals surface area contributed by atoms with Gasteiger partial charge in [0.1, 0.15) is 5.75 Å². The van der Waals surface area contributed by atoms with Crippen molar-refractivity contribution in [2.75, 3.05) is 0 Å². The molecule has 1 aliphatic rings. The van der Waals surface area contributed by atoms with E-state index in [4.69, 9.17) is 5.11 Å². The molecular weight excluding hydrogens is 327 g/mol. The Morgan fingerprint density at radius 2 is 1.92 bits per heavy atom.